The minimum atomic E-state index is -1.24. The van der Waals surface area contributed by atoms with Gasteiger partial charge in [0.15, 0.2) is 5.82 Å². The number of fused-ring (bicyclic) bond motifs is 4. The molecule has 0 amide bonds. The van der Waals surface area contributed by atoms with Gasteiger partial charge in [0.2, 0.25) is 5.88 Å². The Morgan fingerprint density at radius 3 is 2.54 bits per heavy atom. The van der Waals surface area contributed by atoms with Gasteiger partial charge in [-0.1, -0.05) is 18.4 Å². The molecule has 0 radical (unpaired) electrons. The lowest BCUT2D eigenvalue weighted by molar-refractivity contribution is -0.173. The maximum atomic E-state index is 17.4. The number of β-amino-alcohol motifs (C(OH)–C–C–N with tert-alkyl or cyclic N) is 1. The van der Waals surface area contributed by atoms with Crippen molar-refractivity contribution in [1.82, 2.24) is 19.9 Å². The van der Waals surface area contributed by atoms with E-state index in [-0.39, 0.29) is 80.7 Å². The van der Waals surface area contributed by atoms with E-state index in [1.54, 1.807) is 6.92 Å². The molecule has 1 spiro atoms. The van der Waals surface area contributed by atoms with Gasteiger partial charge < -0.3 is 34.1 Å². The van der Waals surface area contributed by atoms with Crippen molar-refractivity contribution in [2.75, 3.05) is 58.1 Å². The number of methoxy groups -OCH3 is 1. The molecule has 2 aromatic heterocycles. The predicted octanol–water partition coefficient (Wildman–Crippen LogP) is 6.91. The minimum Gasteiger partial charge on any atom is -0.508 e. The van der Waals surface area contributed by atoms with Crippen molar-refractivity contribution in [1.29, 1.82) is 0 Å². The molecule has 9 rings (SSSR count). The number of pyridine rings is 1. The number of hydrogen-bond donors (Lipinski definition) is 2. The average Bonchev–Trinajstić information content (AvgIpc) is 3.45. The normalized spacial score (nSPS) is 29.4. The third-order valence-electron chi connectivity index (χ3n) is 13.4. The number of nitrogens with zero attached hydrogens (tertiary/aromatic N) is 5. The molecule has 2 N–H and O–H groups in total. The molecule has 3 atom stereocenters. The lowest BCUT2D eigenvalue weighted by atomic mass is 9.70. The fraction of sp³-hybridized carbons (Fsp3) is 0.568. The third kappa shape index (κ3) is 7.02. The van der Waals surface area contributed by atoms with E-state index in [0.29, 0.717) is 37.2 Å². The molecule has 4 aromatic rings. The number of phenols is 1. The van der Waals surface area contributed by atoms with Gasteiger partial charge in [0.1, 0.15) is 39.6 Å². The van der Waals surface area contributed by atoms with Crippen LogP contribution in [-0.4, -0.2) is 107 Å². The number of benzene rings is 2. The molecule has 13 heteroatoms. The Kier molecular flexibility index (Phi) is 9.91. The maximum absolute atomic E-state index is 17.4. The molecule has 2 bridgehead atoms. The molecule has 11 nitrogen and oxygen atoms in total. The summed E-state index contributed by atoms with van der Waals surface area (Å²) in [5.41, 5.74) is -1.57. The first-order valence-electron chi connectivity index (χ1n) is 20.4. The fourth-order valence-electron chi connectivity index (χ4n) is 10.6. The molecule has 0 unspecified atom stereocenters. The van der Waals surface area contributed by atoms with Gasteiger partial charge in [0.25, 0.3) is 0 Å². The summed E-state index contributed by atoms with van der Waals surface area (Å²) in [4.78, 5) is 18.9. The quantitative estimate of drug-likeness (QED) is 0.190. The molecule has 5 heterocycles. The highest BCUT2D eigenvalue weighted by atomic mass is 19.1. The summed E-state index contributed by atoms with van der Waals surface area (Å²) in [6.07, 6.45) is 18.1. The Morgan fingerprint density at radius 1 is 0.982 bits per heavy atom. The smallest absolute Gasteiger partial charge is 0.319 e. The number of aromatic nitrogens is 3. The Bertz CT molecular complexity index is 2230. The Balaban J connectivity index is 1.10. The van der Waals surface area contributed by atoms with Gasteiger partial charge in [0, 0.05) is 35.0 Å². The lowest BCUT2D eigenvalue weighted by Gasteiger charge is -2.50. The number of phenolic OH excluding ortho intramolecular Hbond substituents is 1. The molecular weight excluding hydrogens is 733 g/mol. The van der Waals surface area contributed by atoms with E-state index in [4.69, 9.17) is 35.3 Å². The number of likely N-dealkylation sites (tertiary alicyclic amines) is 1. The number of ether oxygens (including phenoxy) is 4. The van der Waals surface area contributed by atoms with Crippen LogP contribution in [-0.2, 0) is 9.47 Å². The Hall–Kier alpha value is -4.35. The predicted molar refractivity (Wildman–Crippen MR) is 212 cm³/mol. The summed E-state index contributed by atoms with van der Waals surface area (Å²) in [6.45, 7) is 4.90. The van der Waals surface area contributed by atoms with Crippen LogP contribution < -0.4 is 14.4 Å². The van der Waals surface area contributed by atoms with Gasteiger partial charge >= 0.3 is 6.01 Å². The summed E-state index contributed by atoms with van der Waals surface area (Å²) >= 11 is 0. The molecule has 57 heavy (non-hydrogen) atoms. The van der Waals surface area contributed by atoms with Crippen LogP contribution >= 0.6 is 0 Å². The van der Waals surface area contributed by atoms with Crippen molar-refractivity contribution in [2.24, 2.45) is 5.41 Å². The molecule has 5 fully saturated rings. The zero-order chi connectivity index (χ0) is 39.5. The molecule has 302 valence electrons. The van der Waals surface area contributed by atoms with E-state index < -0.39 is 17.2 Å². The van der Waals surface area contributed by atoms with Crippen molar-refractivity contribution in [3.8, 4) is 41.2 Å². The highest BCUT2D eigenvalue weighted by Crippen LogP contribution is 2.49. The van der Waals surface area contributed by atoms with Crippen molar-refractivity contribution in [2.45, 2.75) is 101 Å². The lowest BCUT2D eigenvalue weighted by Crippen LogP contribution is -2.53. The van der Waals surface area contributed by atoms with Crippen LogP contribution in [0.2, 0.25) is 0 Å². The number of rotatable bonds is 7. The summed E-state index contributed by atoms with van der Waals surface area (Å²) in [6, 6.07) is 6.48. The second kappa shape index (κ2) is 14.8. The van der Waals surface area contributed by atoms with Gasteiger partial charge in [-0.3, -0.25) is 4.90 Å². The summed E-state index contributed by atoms with van der Waals surface area (Å²) in [5.74, 6) is 0.976. The number of aromatic hydroxyl groups is 1. The number of anilines is 1. The van der Waals surface area contributed by atoms with Gasteiger partial charge in [-0.05, 0) is 101 Å². The van der Waals surface area contributed by atoms with Crippen LogP contribution in [0.15, 0.2) is 24.3 Å². The summed E-state index contributed by atoms with van der Waals surface area (Å²) in [5, 5.41) is 22.8. The van der Waals surface area contributed by atoms with Crippen LogP contribution in [0.4, 0.5) is 14.6 Å². The number of hydrogen-bond acceptors (Lipinski definition) is 11. The van der Waals surface area contributed by atoms with Crippen LogP contribution in [0.25, 0.3) is 32.9 Å². The van der Waals surface area contributed by atoms with Gasteiger partial charge in [-0.25, -0.2) is 13.8 Å². The first kappa shape index (κ1) is 38.2. The van der Waals surface area contributed by atoms with Crippen molar-refractivity contribution < 1.29 is 37.9 Å². The minimum absolute atomic E-state index is 0.00186. The SMILES string of the molecule is C#Cc1c(F)ccc2cc(O)cc(-c3nc(OC)c4c(N5CCOC[C@@](C)(O)C5)nc(OC[C@]56CCC[C@@H](C5)N(C5CCC7(CCO7)CC5)CCC6)nc4c3F)c12. The van der Waals surface area contributed by atoms with E-state index >= 15 is 8.78 Å². The third-order valence-corrected chi connectivity index (χ3v) is 13.4. The van der Waals surface area contributed by atoms with Crippen LogP contribution in [0.3, 0.4) is 0 Å². The first-order chi connectivity index (χ1) is 27.5. The summed E-state index contributed by atoms with van der Waals surface area (Å²) < 4.78 is 56.7. The summed E-state index contributed by atoms with van der Waals surface area (Å²) in [7, 11) is 1.41. The van der Waals surface area contributed by atoms with Crippen LogP contribution in [0, 0.1) is 29.4 Å². The monoisotopic (exact) mass is 783 g/mol. The molecular formula is C44H51F2N5O6. The molecule has 3 aliphatic heterocycles. The fourth-order valence-corrected chi connectivity index (χ4v) is 10.6. The Morgan fingerprint density at radius 2 is 1.79 bits per heavy atom. The number of aliphatic hydroxyl groups is 1. The van der Waals surface area contributed by atoms with Gasteiger partial charge in [-0.15, -0.1) is 6.42 Å². The highest BCUT2D eigenvalue weighted by molar-refractivity contribution is 6.04. The van der Waals surface area contributed by atoms with Gasteiger partial charge in [0.05, 0.1) is 51.2 Å². The highest BCUT2D eigenvalue weighted by Gasteiger charge is 2.47. The standard InChI is InChI=1S/C44H51F2N5O6/c1-4-31-33(45)9-8-27-21-30(52)22-32(34(27)31)37-36(46)38-35(40(47-37)54-3)39(50-18-20-55-25-42(2,53)24-50)49-41(48-38)56-26-43-12-5-7-29(23-43)51(17-6-13-43)28-10-14-44(15-11-28)16-19-57-44/h1,8-9,21-22,28-29,52-53H,5-7,10-20,23-26H2,2-3H3/t28?,29-,42-,43-,44?/m0/s1. The van der Waals surface area contributed by atoms with E-state index in [0.717, 1.165) is 58.1 Å². The number of terminal acetylenes is 1. The molecule has 2 saturated carbocycles. The second-order valence-corrected chi connectivity index (χ2v) is 17.4. The van der Waals surface area contributed by atoms with E-state index in [2.05, 4.69) is 15.8 Å². The van der Waals surface area contributed by atoms with E-state index in [1.165, 1.54) is 57.1 Å². The second-order valence-electron chi connectivity index (χ2n) is 17.4. The number of halogens is 2. The maximum Gasteiger partial charge on any atom is 0.319 e. The van der Waals surface area contributed by atoms with Crippen molar-refractivity contribution >= 4 is 27.5 Å². The first-order valence-corrected chi connectivity index (χ1v) is 20.4. The molecule has 2 aliphatic carbocycles. The van der Waals surface area contributed by atoms with Crippen LogP contribution in [0.5, 0.6) is 17.6 Å². The van der Waals surface area contributed by atoms with Crippen molar-refractivity contribution in [3.05, 3.63) is 41.5 Å². The zero-order valence-corrected chi connectivity index (χ0v) is 32.8. The largest absolute Gasteiger partial charge is 0.508 e. The molecule has 2 aromatic carbocycles. The van der Waals surface area contributed by atoms with Crippen molar-refractivity contribution in [3.63, 3.8) is 0 Å². The molecule has 3 saturated heterocycles. The van der Waals surface area contributed by atoms with Gasteiger partial charge in [-0.2, -0.15) is 9.97 Å². The van der Waals surface area contributed by atoms with E-state index in [9.17, 15) is 10.2 Å². The Labute approximate surface area is 331 Å². The molecule has 5 aliphatic rings. The van der Waals surface area contributed by atoms with E-state index in [1.807, 2.05) is 4.90 Å². The average molecular weight is 784 g/mol. The zero-order valence-electron chi connectivity index (χ0n) is 32.8. The van der Waals surface area contributed by atoms with Crippen LogP contribution in [0.1, 0.15) is 83.1 Å². The topological polar surface area (TPSA) is 123 Å².